The molecule has 0 aromatic heterocycles. The second kappa shape index (κ2) is 26.6. The molecule has 0 atom stereocenters. The van der Waals surface area contributed by atoms with E-state index in [2.05, 4.69) is 0 Å². The first-order valence-electron chi connectivity index (χ1n) is 12.7. The average molecular weight is 549 g/mol. The molecule has 218 valence electrons. The Labute approximate surface area is 223 Å². The van der Waals surface area contributed by atoms with Crippen LogP contribution in [0.2, 0.25) is 0 Å². The van der Waals surface area contributed by atoms with Crippen molar-refractivity contribution in [1.82, 2.24) is 0 Å². The Bertz CT molecular complexity index is 678. The number of ketones is 1. The third kappa shape index (κ3) is 21.0. The normalized spacial score (nSPS) is 11.1. The summed E-state index contributed by atoms with van der Waals surface area (Å²) in [6.45, 7) is 5.89. The van der Waals surface area contributed by atoms with Crippen LogP contribution in [0, 0.1) is 0 Å². The highest BCUT2D eigenvalue weighted by Crippen LogP contribution is 2.01. The van der Waals surface area contributed by atoms with Crippen molar-refractivity contribution in [2.45, 2.75) is 0 Å². The second-order valence-corrected chi connectivity index (χ2v) is 7.42. The zero-order valence-electron chi connectivity index (χ0n) is 22.0. The van der Waals surface area contributed by atoms with Crippen molar-refractivity contribution in [2.24, 2.45) is 0 Å². The van der Waals surface area contributed by atoms with Gasteiger partial charge >= 0.3 is 5.97 Å². The fraction of sp³-hybridized carbons (Fsp3) is 0.692. The summed E-state index contributed by atoms with van der Waals surface area (Å²) in [4.78, 5) is 23.5. The van der Waals surface area contributed by atoms with Gasteiger partial charge in [0.05, 0.1) is 106 Å². The van der Waals surface area contributed by atoms with Crippen molar-refractivity contribution in [1.29, 1.82) is 0 Å². The summed E-state index contributed by atoms with van der Waals surface area (Å²) in [5.41, 5.74) is 0.294. The van der Waals surface area contributed by atoms with E-state index in [0.29, 0.717) is 98.1 Å². The first kappa shape index (κ1) is 34.0. The first-order chi connectivity index (χ1) is 18.8. The molecule has 0 saturated heterocycles. The van der Waals surface area contributed by atoms with Crippen molar-refractivity contribution in [3.63, 3.8) is 0 Å². The highest BCUT2D eigenvalue weighted by Gasteiger charge is 2.17. The Balaban J connectivity index is 1.71. The Morgan fingerprint density at radius 3 is 1.13 bits per heavy atom. The number of ether oxygens (including phenoxy) is 9. The van der Waals surface area contributed by atoms with Crippen LogP contribution >= 0.6 is 0 Å². The van der Waals surface area contributed by atoms with Crippen molar-refractivity contribution in [3.8, 4) is 0 Å². The van der Waals surface area contributed by atoms with Gasteiger partial charge in [0.2, 0.25) is 0 Å². The Kier molecular flexibility index (Phi) is 23.8. The molecule has 1 aromatic carbocycles. The van der Waals surface area contributed by atoms with Gasteiger partial charge in [0.15, 0.2) is 0 Å². The number of hydrogen-bond donors (Lipinski definition) is 0. The summed E-state index contributed by atoms with van der Waals surface area (Å²) in [6, 6.07) is 8.24. The lowest BCUT2D eigenvalue weighted by atomic mass is 10.1. The largest absolute Gasteiger partial charge is 0.457 e. The zero-order chi connectivity index (χ0) is 27.4. The van der Waals surface area contributed by atoms with E-state index in [1.54, 1.807) is 30.3 Å². The molecule has 0 fully saturated rings. The summed E-state index contributed by atoms with van der Waals surface area (Å²) in [6.07, 6.45) is 0. The monoisotopic (exact) mass is 548 g/mol. The lowest BCUT2D eigenvalue weighted by Gasteiger charge is -2.08. The van der Waals surface area contributed by atoms with Gasteiger partial charge in [-0.1, -0.05) is 30.3 Å². The van der Waals surface area contributed by atoms with Gasteiger partial charge in [0.1, 0.15) is 13.3 Å². The third-order valence-electron chi connectivity index (χ3n) is 4.51. The van der Waals surface area contributed by atoms with E-state index >= 15 is 0 Å². The van der Waals surface area contributed by atoms with Gasteiger partial charge in [-0.05, 0) is 0 Å². The lowest BCUT2D eigenvalue weighted by molar-refractivity contribution is -0.139. The van der Waals surface area contributed by atoms with Gasteiger partial charge in [-0.15, -0.1) is 0 Å². The summed E-state index contributed by atoms with van der Waals surface area (Å²) < 4.78 is 59.1. The van der Waals surface area contributed by atoms with Crippen molar-refractivity contribution in [2.75, 3.05) is 119 Å². The van der Waals surface area contributed by atoms with Gasteiger partial charge in [-0.25, -0.2) is 9.18 Å². The van der Waals surface area contributed by atoms with Gasteiger partial charge in [0.25, 0.3) is 5.78 Å². The minimum atomic E-state index is -0.899. The molecule has 0 aliphatic carbocycles. The number of carbonyl (C=O) groups is 2. The molecule has 0 N–H and O–H groups in total. The summed E-state index contributed by atoms with van der Waals surface area (Å²) in [5.74, 6) is -1.58. The Morgan fingerprint density at radius 2 is 0.789 bits per heavy atom. The van der Waals surface area contributed by atoms with Crippen LogP contribution < -0.4 is 0 Å². The van der Waals surface area contributed by atoms with Crippen LogP contribution in [0.15, 0.2) is 30.3 Å². The molecule has 38 heavy (non-hydrogen) atoms. The standard InChI is InChI=1S/C26H41FO11/c27-6-7-30-8-9-31-10-11-32-12-13-33-14-15-34-16-17-35-18-19-36-20-21-37-22-23-38-26(29)25(28)24-4-2-1-3-5-24/h1-5H,6-23H2. The van der Waals surface area contributed by atoms with E-state index in [-0.39, 0.29) is 19.8 Å². The molecule has 0 aliphatic rings. The number of alkyl halides is 1. The summed E-state index contributed by atoms with van der Waals surface area (Å²) in [5, 5.41) is 0. The number of halogens is 1. The summed E-state index contributed by atoms with van der Waals surface area (Å²) in [7, 11) is 0. The van der Waals surface area contributed by atoms with E-state index < -0.39 is 18.4 Å². The quantitative estimate of drug-likeness (QED) is 0.0657. The number of rotatable bonds is 28. The molecule has 0 radical (unpaired) electrons. The molecular weight excluding hydrogens is 507 g/mol. The predicted molar refractivity (Wildman–Crippen MR) is 134 cm³/mol. The molecule has 11 nitrogen and oxygen atoms in total. The lowest BCUT2D eigenvalue weighted by Crippen LogP contribution is -2.20. The third-order valence-corrected chi connectivity index (χ3v) is 4.51. The highest BCUT2D eigenvalue weighted by atomic mass is 19.1. The highest BCUT2D eigenvalue weighted by molar-refractivity contribution is 6.40. The van der Waals surface area contributed by atoms with E-state index in [1.165, 1.54) is 0 Å². The Hall–Kier alpha value is -2.03. The molecule has 0 aliphatic heterocycles. The van der Waals surface area contributed by atoms with Crippen LogP contribution in [0.25, 0.3) is 0 Å². The zero-order valence-corrected chi connectivity index (χ0v) is 22.0. The van der Waals surface area contributed by atoms with Gasteiger partial charge in [0, 0.05) is 5.56 Å². The fourth-order valence-electron chi connectivity index (χ4n) is 2.66. The van der Waals surface area contributed by atoms with E-state index in [9.17, 15) is 14.0 Å². The smallest absolute Gasteiger partial charge is 0.379 e. The van der Waals surface area contributed by atoms with Crippen LogP contribution in [0.3, 0.4) is 0 Å². The van der Waals surface area contributed by atoms with Crippen molar-refractivity contribution >= 4 is 11.8 Å². The van der Waals surface area contributed by atoms with E-state index in [1.807, 2.05) is 0 Å². The van der Waals surface area contributed by atoms with Crippen molar-refractivity contribution in [3.05, 3.63) is 35.9 Å². The molecule has 0 spiro atoms. The molecule has 1 aromatic rings. The maximum Gasteiger partial charge on any atom is 0.379 e. The molecule has 12 heteroatoms. The molecule has 0 amide bonds. The minimum Gasteiger partial charge on any atom is -0.457 e. The molecule has 0 saturated carbocycles. The number of benzene rings is 1. The minimum absolute atomic E-state index is 0.00369. The molecule has 0 bridgehead atoms. The predicted octanol–water partition coefficient (Wildman–Crippen LogP) is 1.51. The molecule has 1 rings (SSSR count). The number of Topliss-reactive ketones (excluding diaryl/α,β-unsaturated/α-hetero) is 1. The fourth-order valence-corrected chi connectivity index (χ4v) is 2.66. The van der Waals surface area contributed by atoms with Gasteiger partial charge < -0.3 is 42.6 Å². The van der Waals surface area contributed by atoms with Gasteiger partial charge in [-0.2, -0.15) is 0 Å². The average Bonchev–Trinajstić information content (AvgIpc) is 2.94. The van der Waals surface area contributed by atoms with Crippen LogP contribution in [-0.2, 0) is 47.4 Å². The second-order valence-electron chi connectivity index (χ2n) is 7.42. The Morgan fingerprint density at radius 1 is 0.474 bits per heavy atom. The van der Waals surface area contributed by atoms with E-state index in [0.717, 1.165) is 0 Å². The van der Waals surface area contributed by atoms with E-state index in [4.69, 9.17) is 42.6 Å². The molecular formula is C26H41FO11. The first-order valence-corrected chi connectivity index (χ1v) is 12.7. The number of hydrogen-bond acceptors (Lipinski definition) is 11. The number of carbonyl (C=O) groups excluding carboxylic acids is 2. The maximum absolute atomic E-state index is 11.8. The topological polar surface area (TPSA) is 117 Å². The van der Waals surface area contributed by atoms with Crippen LogP contribution in [0.4, 0.5) is 4.39 Å². The number of esters is 1. The molecule has 0 unspecified atom stereocenters. The molecule has 0 heterocycles. The summed E-state index contributed by atoms with van der Waals surface area (Å²) >= 11 is 0. The van der Waals surface area contributed by atoms with Crippen LogP contribution in [0.1, 0.15) is 10.4 Å². The van der Waals surface area contributed by atoms with Crippen LogP contribution in [0.5, 0.6) is 0 Å². The maximum atomic E-state index is 11.8. The van der Waals surface area contributed by atoms with Gasteiger partial charge in [-0.3, -0.25) is 4.79 Å². The SMILES string of the molecule is O=C(OCCOCCOCCOCCOCCOCCOCCOCCOCCF)C(=O)c1ccccc1. The van der Waals surface area contributed by atoms with Crippen LogP contribution in [-0.4, -0.2) is 131 Å². The van der Waals surface area contributed by atoms with Crippen molar-refractivity contribution < 1.29 is 56.6 Å².